The van der Waals surface area contributed by atoms with E-state index >= 15 is 0 Å². The Labute approximate surface area is 620 Å². The molecule has 548 valence electrons. The van der Waals surface area contributed by atoms with Crippen LogP contribution in [0.5, 0.6) is 0 Å². The highest BCUT2D eigenvalue weighted by Crippen LogP contribution is 2.39. The molecule has 103 heavy (non-hydrogen) atoms. The van der Waals surface area contributed by atoms with Gasteiger partial charge < -0.3 is 30.9 Å². The van der Waals surface area contributed by atoms with Gasteiger partial charge in [0.1, 0.15) is 50.3 Å². The van der Waals surface area contributed by atoms with Crippen molar-refractivity contribution in [3.63, 3.8) is 0 Å². The van der Waals surface area contributed by atoms with Crippen LogP contribution in [-0.2, 0) is 44.1 Å². The summed E-state index contributed by atoms with van der Waals surface area (Å²) in [6.07, 6.45) is -4.50. The molecule has 0 bridgehead atoms. The molecule has 0 unspecified atom stereocenters. The number of rotatable bonds is 0. The molecule has 0 saturated heterocycles. The van der Waals surface area contributed by atoms with Crippen molar-refractivity contribution in [1.82, 2.24) is 34.9 Å². The number of hydrogen-bond donors (Lipinski definition) is 0. The molecule has 0 amide bonds. The summed E-state index contributed by atoms with van der Waals surface area (Å²) < 4.78 is 103. The second kappa shape index (κ2) is 30.6. The minimum atomic E-state index is -4.50. The number of benzene rings is 7. The molecule has 0 radical (unpaired) electrons. The van der Waals surface area contributed by atoms with Crippen LogP contribution >= 0.6 is 58.0 Å². The molecular formula is C79H85Cl5F5N7O7. The van der Waals surface area contributed by atoms with Crippen LogP contribution in [0, 0.1) is 18.6 Å². The SMILES string of the molecule is CC(C)(C)c1nc2c(Cl)cc(Cl)cc2o1.CC(C)(C)c1nc2cc(Cl)c(C(F)(F)F)cc2o1.CC(C)(C)c1nc2cc(Cl)ccc2o1.CC(C)(C)c1nc2cc(F)ccc2o1.CC(C)(C)c1nc2ccc(Cl)cc2o1.CC(C)(C)c1nc2ccc(F)cc2o1.Cc1ccc2nc(C(C)(C)C)oc2c1. The number of alkyl halides is 3. The van der Waals surface area contributed by atoms with Gasteiger partial charge in [-0.1, -0.05) is 209 Å². The van der Waals surface area contributed by atoms with Crippen LogP contribution in [0.2, 0.25) is 25.1 Å². The Morgan fingerprint density at radius 2 is 0.583 bits per heavy atom. The first-order chi connectivity index (χ1) is 47.3. The van der Waals surface area contributed by atoms with E-state index in [4.69, 9.17) is 88.9 Å². The van der Waals surface area contributed by atoms with Crippen molar-refractivity contribution < 1.29 is 52.9 Å². The van der Waals surface area contributed by atoms with E-state index in [1.54, 1.807) is 30.3 Å². The van der Waals surface area contributed by atoms with Crippen LogP contribution in [0.1, 0.15) is 198 Å². The summed E-state index contributed by atoms with van der Waals surface area (Å²) in [4.78, 5) is 30.3. The van der Waals surface area contributed by atoms with Crippen molar-refractivity contribution in [2.75, 3.05) is 0 Å². The molecule has 14 aromatic rings. The van der Waals surface area contributed by atoms with Gasteiger partial charge in [-0.25, -0.2) is 43.7 Å². The number of hydrogen-bond acceptors (Lipinski definition) is 14. The van der Waals surface area contributed by atoms with Crippen LogP contribution in [0.25, 0.3) is 77.7 Å². The third-order valence-corrected chi connectivity index (χ3v) is 15.9. The van der Waals surface area contributed by atoms with E-state index in [-0.39, 0.29) is 60.1 Å². The summed E-state index contributed by atoms with van der Waals surface area (Å²) in [5.41, 5.74) is 8.57. The van der Waals surface area contributed by atoms with Crippen LogP contribution in [0.3, 0.4) is 0 Å². The van der Waals surface area contributed by atoms with Gasteiger partial charge in [0.2, 0.25) is 41.2 Å². The van der Waals surface area contributed by atoms with Crippen molar-refractivity contribution in [1.29, 1.82) is 0 Å². The van der Waals surface area contributed by atoms with Gasteiger partial charge in [-0.15, -0.1) is 0 Å². The number of fused-ring (bicyclic) bond motifs is 7. The van der Waals surface area contributed by atoms with Crippen LogP contribution in [0.15, 0.2) is 146 Å². The highest BCUT2D eigenvalue weighted by molar-refractivity contribution is 6.38. The molecule has 7 aromatic heterocycles. The zero-order valence-corrected chi connectivity index (χ0v) is 65.5. The zero-order valence-electron chi connectivity index (χ0n) is 61.7. The van der Waals surface area contributed by atoms with Crippen molar-refractivity contribution in [2.45, 2.75) is 196 Å². The Balaban J connectivity index is 0.000000153. The fourth-order valence-electron chi connectivity index (χ4n) is 9.00. The van der Waals surface area contributed by atoms with Gasteiger partial charge in [-0.2, -0.15) is 13.2 Å². The molecule has 0 atom stereocenters. The molecule has 0 aliphatic rings. The molecule has 14 nitrogen and oxygen atoms in total. The summed E-state index contributed by atoms with van der Waals surface area (Å²) >= 11 is 29.2. The molecule has 0 aliphatic carbocycles. The largest absolute Gasteiger partial charge is 0.440 e. The Hall–Kier alpha value is -8.07. The summed E-state index contributed by atoms with van der Waals surface area (Å²) in [6.45, 7) is 44.5. The maximum Gasteiger partial charge on any atom is 0.417 e. The lowest BCUT2D eigenvalue weighted by atomic mass is 9.97. The predicted octanol–water partition coefficient (Wildman–Crippen LogP) is 26.7. The number of aromatic nitrogens is 7. The molecule has 0 saturated carbocycles. The summed E-state index contributed by atoms with van der Waals surface area (Å²) in [5, 5.41) is 2.07. The molecular weight excluding hydrogens is 1430 g/mol. The summed E-state index contributed by atoms with van der Waals surface area (Å²) in [6, 6.07) is 31.2. The van der Waals surface area contributed by atoms with Gasteiger partial charge in [0.05, 0.1) is 15.6 Å². The Morgan fingerprint density at radius 1 is 0.272 bits per heavy atom. The van der Waals surface area contributed by atoms with E-state index in [2.05, 4.69) is 110 Å². The fourth-order valence-corrected chi connectivity index (χ4v) is 10.1. The average molecular weight is 1520 g/mol. The molecule has 7 aromatic carbocycles. The average Bonchev–Trinajstić information content (AvgIpc) is 1.70. The monoisotopic (exact) mass is 1510 g/mol. The third-order valence-electron chi connectivity index (χ3n) is 14.6. The van der Waals surface area contributed by atoms with Gasteiger partial charge in [0.25, 0.3) is 0 Å². The molecule has 24 heteroatoms. The number of nitrogens with zero attached hydrogens (tertiary/aromatic N) is 7. The maximum absolute atomic E-state index is 12.9. The summed E-state index contributed by atoms with van der Waals surface area (Å²) in [7, 11) is 0. The first kappa shape index (κ1) is 80.6. The zero-order chi connectivity index (χ0) is 76.7. The van der Waals surface area contributed by atoms with Crippen LogP contribution < -0.4 is 0 Å². The normalized spacial score (nSPS) is 12.5. The fraction of sp³-hybridized carbons (Fsp3) is 0.380. The van der Waals surface area contributed by atoms with Crippen molar-refractivity contribution in [2.24, 2.45) is 0 Å². The van der Waals surface area contributed by atoms with Gasteiger partial charge in [-0.05, 0) is 97.4 Å². The van der Waals surface area contributed by atoms with Crippen LogP contribution in [-0.4, -0.2) is 34.9 Å². The van der Waals surface area contributed by atoms with E-state index in [1.165, 1.54) is 35.9 Å². The quantitative estimate of drug-likeness (QED) is 0.131. The second-order valence-corrected chi connectivity index (χ2v) is 34.0. The molecule has 0 fully saturated rings. The lowest BCUT2D eigenvalue weighted by Crippen LogP contribution is -2.10. The van der Waals surface area contributed by atoms with E-state index in [9.17, 15) is 22.0 Å². The smallest absolute Gasteiger partial charge is 0.417 e. The molecule has 0 aliphatic heterocycles. The third kappa shape index (κ3) is 21.3. The Bertz CT molecular complexity index is 4760. The lowest BCUT2D eigenvalue weighted by molar-refractivity contribution is -0.137. The molecule has 0 spiro atoms. The number of halogens is 10. The first-order valence-electron chi connectivity index (χ1n) is 32.9. The van der Waals surface area contributed by atoms with Gasteiger partial charge in [0.15, 0.2) is 39.1 Å². The topological polar surface area (TPSA) is 182 Å². The van der Waals surface area contributed by atoms with Crippen molar-refractivity contribution in [3.05, 3.63) is 204 Å². The molecule has 0 N–H and O–H groups in total. The molecule has 7 heterocycles. The predicted molar refractivity (Wildman–Crippen MR) is 404 cm³/mol. The van der Waals surface area contributed by atoms with E-state index in [0.717, 1.165) is 57.0 Å². The minimum absolute atomic E-state index is 0.0209. The second-order valence-electron chi connectivity index (χ2n) is 31.8. The number of aryl methyl sites for hydroxylation is 1. The van der Waals surface area contributed by atoms with E-state index in [1.807, 2.05) is 126 Å². The Morgan fingerprint density at radius 3 is 1.04 bits per heavy atom. The van der Waals surface area contributed by atoms with E-state index in [0.29, 0.717) is 82.5 Å². The lowest BCUT2D eigenvalue weighted by Gasteiger charge is -2.11. The Kier molecular flexibility index (Phi) is 23.9. The highest BCUT2D eigenvalue weighted by atomic mass is 35.5. The van der Waals surface area contributed by atoms with Crippen molar-refractivity contribution in [3.8, 4) is 0 Å². The van der Waals surface area contributed by atoms with Gasteiger partial charge in [-0.3, -0.25) is 0 Å². The highest BCUT2D eigenvalue weighted by Gasteiger charge is 2.35. The molecule has 14 rings (SSSR count). The minimum Gasteiger partial charge on any atom is -0.440 e. The number of oxazole rings is 7. The summed E-state index contributed by atoms with van der Waals surface area (Å²) in [5.74, 6) is 4.04. The van der Waals surface area contributed by atoms with E-state index < -0.39 is 11.7 Å². The van der Waals surface area contributed by atoms with Crippen LogP contribution in [0.4, 0.5) is 22.0 Å². The maximum atomic E-state index is 12.9. The van der Waals surface area contributed by atoms with Gasteiger partial charge >= 0.3 is 6.18 Å². The van der Waals surface area contributed by atoms with Crippen molar-refractivity contribution >= 4 is 136 Å². The standard InChI is InChI=1S/C12H11ClF3NO.C12H15NO.C11H11Cl2NO.2C11H12ClNO.2C11H12FNO/c1-11(2,3)10-17-8-5-7(13)6(12(14,15)16)4-9(8)18-10;1-8-5-6-9-10(7-8)14-11(13-9)12(2,3)4;1-11(2,3)10-14-9-7(13)4-6(12)5-8(9)15-10;1-11(2,3)10-13-8-6-7(12)4-5-9(8)14-10;1-11(2,3)10-13-8-5-4-7(12)6-9(8)14-10;1-11(2,3)10-13-8-6-7(12)4-5-9(8)14-10;1-11(2,3)10-13-8-5-4-7(12)6-9(8)14-10/h4-5H,1-3H3;5-7H,1-4H3;4-5H,1-3H3;4*4-6H,1-3H3. The first-order valence-corrected chi connectivity index (χ1v) is 34.8. The van der Waals surface area contributed by atoms with Gasteiger partial charge in [0, 0.05) is 77.2 Å².